The van der Waals surface area contributed by atoms with Crippen LogP contribution in [0.25, 0.3) is 0 Å². The molecule has 1 saturated heterocycles. The average Bonchev–Trinajstić information content (AvgIpc) is 2.21. The Bertz CT molecular complexity index is 269. The van der Waals surface area contributed by atoms with E-state index in [1.54, 1.807) is 0 Å². The molecule has 1 atom stereocenters. The summed E-state index contributed by atoms with van der Waals surface area (Å²) in [5, 5.41) is 3.06. The summed E-state index contributed by atoms with van der Waals surface area (Å²) < 4.78 is 22.8. The van der Waals surface area contributed by atoms with Gasteiger partial charge in [0.05, 0.1) is 10.5 Å². The van der Waals surface area contributed by atoms with E-state index in [4.69, 9.17) is 0 Å². The van der Waals surface area contributed by atoms with Gasteiger partial charge in [-0.05, 0) is 46.2 Å². The lowest BCUT2D eigenvalue weighted by molar-refractivity contribution is 0.390. The first kappa shape index (κ1) is 11.0. The Morgan fingerprint density at radius 1 is 1.46 bits per heavy atom. The summed E-state index contributed by atoms with van der Waals surface area (Å²) in [5.74, 6) is 0.693. The van der Waals surface area contributed by atoms with Gasteiger partial charge < -0.3 is 5.32 Å². The molecule has 1 heterocycles. The number of hydrogen-bond donors (Lipinski definition) is 1. The van der Waals surface area contributed by atoms with Crippen LogP contribution in [0.2, 0.25) is 0 Å². The van der Waals surface area contributed by atoms with Crippen LogP contribution in [-0.2, 0) is 9.84 Å². The fourth-order valence-corrected chi connectivity index (χ4v) is 3.84. The van der Waals surface area contributed by atoms with Crippen molar-refractivity contribution in [1.29, 1.82) is 0 Å². The quantitative estimate of drug-likeness (QED) is 0.741. The second-order valence-electron chi connectivity index (χ2n) is 4.30. The second kappa shape index (κ2) is 3.58. The topological polar surface area (TPSA) is 46.2 Å². The summed E-state index contributed by atoms with van der Waals surface area (Å²) in [4.78, 5) is 0. The number of hydrogen-bond acceptors (Lipinski definition) is 3. The van der Waals surface area contributed by atoms with Crippen LogP contribution in [0.5, 0.6) is 0 Å². The minimum absolute atomic E-state index is 0.324. The fourth-order valence-electron chi connectivity index (χ4n) is 1.97. The molecule has 1 aliphatic heterocycles. The zero-order valence-corrected chi connectivity index (χ0v) is 9.45. The molecule has 0 aliphatic carbocycles. The normalized spacial score (nSPS) is 30.5. The minimum Gasteiger partial charge on any atom is -0.320 e. The molecule has 78 valence electrons. The molecule has 0 saturated carbocycles. The molecule has 1 N–H and O–H groups in total. The average molecular weight is 205 g/mol. The van der Waals surface area contributed by atoms with Crippen molar-refractivity contribution in [3.05, 3.63) is 0 Å². The van der Waals surface area contributed by atoms with E-state index < -0.39 is 14.6 Å². The van der Waals surface area contributed by atoms with E-state index in [1.165, 1.54) is 0 Å². The van der Waals surface area contributed by atoms with Crippen molar-refractivity contribution in [2.75, 3.05) is 19.3 Å². The van der Waals surface area contributed by atoms with Gasteiger partial charge in [-0.1, -0.05) is 0 Å². The predicted octanol–water partition coefficient (Wildman–Crippen LogP) is 0.809. The minimum atomic E-state index is -2.83. The van der Waals surface area contributed by atoms with E-state index >= 15 is 0 Å². The SMILES string of the molecule is CNCCC1CCS(=O)(=O)C1(C)C. The molecule has 0 aromatic carbocycles. The van der Waals surface area contributed by atoms with Gasteiger partial charge in [-0.2, -0.15) is 0 Å². The van der Waals surface area contributed by atoms with Crippen LogP contribution in [-0.4, -0.2) is 32.5 Å². The lowest BCUT2D eigenvalue weighted by atomic mass is 9.90. The Morgan fingerprint density at radius 2 is 2.08 bits per heavy atom. The van der Waals surface area contributed by atoms with Crippen molar-refractivity contribution >= 4 is 9.84 Å². The third-order valence-corrected chi connectivity index (χ3v) is 5.97. The van der Waals surface area contributed by atoms with Crippen LogP contribution in [0, 0.1) is 5.92 Å². The Morgan fingerprint density at radius 3 is 2.46 bits per heavy atom. The van der Waals surface area contributed by atoms with E-state index in [0.717, 1.165) is 19.4 Å². The molecule has 3 nitrogen and oxygen atoms in total. The maximum Gasteiger partial charge on any atom is 0.155 e. The Balaban J connectivity index is 2.71. The van der Waals surface area contributed by atoms with Crippen LogP contribution >= 0.6 is 0 Å². The standard InChI is InChI=1S/C9H19NO2S/c1-9(2)8(4-6-10-3)5-7-13(9,11)12/h8,10H,4-7H2,1-3H3. The van der Waals surface area contributed by atoms with Gasteiger partial charge in [0.2, 0.25) is 0 Å². The summed E-state index contributed by atoms with van der Waals surface area (Å²) in [6.07, 6.45) is 1.79. The molecule has 1 fully saturated rings. The van der Waals surface area contributed by atoms with E-state index in [9.17, 15) is 8.42 Å². The molecule has 0 amide bonds. The second-order valence-corrected chi connectivity index (χ2v) is 6.99. The number of nitrogens with one attached hydrogen (secondary N) is 1. The first-order valence-corrected chi connectivity index (χ1v) is 6.44. The van der Waals surface area contributed by atoms with Gasteiger partial charge in [-0.25, -0.2) is 8.42 Å². The maximum absolute atomic E-state index is 11.6. The van der Waals surface area contributed by atoms with E-state index in [-0.39, 0.29) is 0 Å². The predicted molar refractivity (Wildman–Crippen MR) is 54.5 cm³/mol. The zero-order chi connectivity index (χ0) is 10.1. The van der Waals surface area contributed by atoms with Gasteiger partial charge in [0.1, 0.15) is 0 Å². The summed E-state index contributed by atoms with van der Waals surface area (Å²) in [7, 11) is -0.933. The Hall–Kier alpha value is -0.0900. The summed E-state index contributed by atoms with van der Waals surface area (Å²) >= 11 is 0. The fraction of sp³-hybridized carbons (Fsp3) is 1.00. The first-order chi connectivity index (χ1) is 5.92. The van der Waals surface area contributed by atoms with E-state index in [1.807, 2.05) is 20.9 Å². The molecular formula is C9H19NO2S. The molecule has 1 rings (SSSR count). The number of sulfone groups is 1. The molecule has 13 heavy (non-hydrogen) atoms. The van der Waals surface area contributed by atoms with E-state index in [0.29, 0.717) is 11.7 Å². The van der Waals surface area contributed by atoms with Crippen molar-refractivity contribution in [1.82, 2.24) is 5.32 Å². The van der Waals surface area contributed by atoms with Crippen LogP contribution in [0.15, 0.2) is 0 Å². The van der Waals surface area contributed by atoms with Crippen molar-refractivity contribution in [3.8, 4) is 0 Å². The van der Waals surface area contributed by atoms with Gasteiger partial charge in [0.25, 0.3) is 0 Å². The van der Waals surface area contributed by atoms with Gasteiger partial charge in [0.15, 0.2) is 9.84 Å². The lowest BCUT2D eigenvalue weighted by Crippen LogP contribution is -2.34. The highest BCUT2D eigenvalue weighted by molar-refractivity contribution is 7.93. The smallest absolute Gasteiger partial charge is 0.155 e. The third kappa shape index (κ3) is 1.89. The van der Waals surface area contributed by atoms with Crippen LogP contribution in [0.1, 0.15) is 26.7 Å². The largest absolute Gasteiger partial charge is 0.320 e. The summed E-state index contributed by atoms with van der Waals surface area (Å²) in [6.45, 7) is 4.62. The molecular weight excluding hydrogens is 186 g/mol. The maximum atomic E-state index is 11.6. The zero-order valence-electron chi connectivity index (χ0n) is 8.63. The summed E-state index contributed by atoms with van der Waals surface area (Å²) in [5.41, 5.74) is 0. The van der Waals surface area contributed by atoms with Crippen molar-refractivity contribution in [3.63, 3.8) is 0 Å². The molecule has 0 spiro atoms. The highest BCUT2D eigenvalue weighted by Crippen LogP contribution is 2.38. The summed E-state index contributed by atoms with van der Waals surface area (Å²) in [6, 6.07) is 0. The van der Waals surface area contributed by atoms with Gasteiger partial charge in [-0.15, -0.1) is 0 Å². The van der Waals surface area contributed by atoms with Crippen molar-refractivity contribution in [2.45, 2.75) is 31.4 Å². The highest BCUT2D eigenvalue weighted by Gasteiger charge is 2.46. The Labute approximate surface area is 80.8 Å². The molecule has 4 heteroatoms. The van der Waals surface area contributed by atoms with Crippen LogP contribution < -0.4 is 5.32 Å². The van der Waals surface area contributed by atoms with Crippen LogP contribution in [0.4, 0.5) is 0 Å². The third-order valence-electron chi connectivity index (χ3n) is 3.26. The van der Waals surface area contributed by atoms with Gasteiger partial charge in [-0.3, -0.25) is 0 Å². The number of rotatable bonds is 3. The van der Waals surface area contributed by atoms with E-state index in [2.05, 4.69) is 5.32 Å². The molecule has 1 unspecified atom stereocenters. The lowest BCUT2D eigenvalue weighted by Gasteiger charge is -2.25. The molecule has 0 aromatic rings. The first-order valence-electron chi connectivity index (χ1n) is 4.78. The molecule has 0 bridgehead atoms. The highest BCUT2D eigenvalue weighted by atomic mass is 32.2. The Kier molecular flexibility index (Phi) is 3.02. The monoisotopic (exact) mass is 205 g/mol. The van der Waals surface area contributed by atoms with Crippen molar-refractivity contribution < 1.29 is 8.42 Å². The van der Waals surface area contributed by atoms with Crippen molar-refractivity contribution in [2.24, 2.45) is 5.92 Å². The molecule has 1 aliphatic rings. The van der Waals surface area contributed by atoms with Gasteiger partial charge >= 0.3 is 0 Å². The van der Waals surface area contributed by atoms with Gasteiger partial charge in [0, 0.05) is 0 Å². The molecule has 0 radical (unpaired) electrons. The molecule has 0 aromatic heterocycles. The van der Waals surface area contributed by atoms with Crippen LogP contribution in [0.3, 0.4) is 0 Å².